The van der Waals surface area contributed by atoms with Gasteiger partial charge in [-0.2, -0.15) is 0 Å². The first kappa shape index (κ1) is 8.29. The Kier molecular flexibility index (Phi) is 1.65. The largest absolute Gasteiger partial charge is 0.369 e. The number of hydrogen-bond acceptors (Lipinski definition) is 2. The SMILES string of the molecule is NC(=O)C1C2C=CC(C2)C1C(N)=O. The zero-order valence-electron chi connectivity index (χ0n) is 7.14. The number of amides is 2. The number of fused-ring (bicyclic) bond motifs is 2. The smallest absolute Gasteiger partial charge is 0.221 e. The van der Waals surface area contributed by atoms with Crippen LogP contribution in [0.1, 0.15) is 6.42 Å². The van der Waals surface area contributed by atoms with Crippen LogP contribution in [0.5, 0.6) is 0 Å². The summed E-state index contributed by atoms with van der Waals surface area (Å²) in [6.07, 6.45) is 4.79. The highest BCUT2D eigenvalue weighted by Crippen LogP contribution is 2.47. The summed E-state index contributed by atoms with van der Waals surface area (Å²) in [5.41, 5.74) is 10.5. The molecule has 0 aromatic carbocycles. The molecule has 0 aromatic heterocycles. The van der Waals surface area contributed by atoms with Crippen molar-refractivity contribution in [1.82, 2.24) is 0 Å². The molecule has 4 unspecified atom stereocenters. The van der Waals surface area contributed by atoms with Gasteiger partial charge in [0.1, 0.15) is 0 Å². The summed E-state index contributed by atoms with van der Waals surface area (Å²) >= 11 is 0. The average Bonchev–Trinajstić information content (AvgIpc) is 2.60. The highest BCUT2D eigenvalue weighted by molar-refractivity contribution is 5.88. The lowest BCUT2D eigenvalue weighted by atomic mass is 9.82. The molecule has 2 bridgehead atoms. The second-order valence-corrected chi connectivity index (χ2v) is 3.80. The second-order valence-electron chi connectivity index (χ2n) is 3.80. The summed E-state index contributed by atoms with van der Waals surface area (Å²) < 4.78 is 0. The van der Waals surface area contributed by atoms with Gasteiger partial charge in [-0.25, -0.2) is 0 Å². The predicted molar refractivity (Wildman–Crippen MR) is 46.1 cm³/mol. The number of carbonyl (C=O) groups is 2. The van der Waals surface area contributed by atoms with Gasteiger partial charge in [-0.1, -0.05) is 12.2 Å². The molecule has 2 aliphatic rings. The van der Waals surface area contributed by atoms with Crippen LogP contribution < -0.4 is 11.5 Å². The van der Waals surface area contributed by atoms with Crippen LogP contribution in [0, 0.1) is 23.7 Å². The lowest BCUT2D eigenvalue weighted by Crippen LogP contribution is -2.39. The predicted octanol–water partition coefficient (Wildman–Crippen LogP) is -0.605. The van der Waals surface area contributed by atoms with E-state index >= 15 is 0 Å². The van der Waals surface area contributed by atoms with Crippen molar-refractivity contribution in [3.63, 3.8) is 0 Å². The third-order valence-electron chi connectivity index (χ3n) is 3.12. The Hall–Kier alpha value is -1.32. The van der Waals surface area contributed by atoms with Gasteiger partial charge >= 0.3 is 0 Å². The van der Waals surface area contributed by atoms with Crippen molar-refractivity contribution in [1.29, 1.82) is 0 Å². The first-order chi connectivity index (χ1) is 6.11. The monoisotopic (exact) mass is 180 g/mol. The second kappa shape index (κ2) is 2.58. The van der Waals surface area contributed by atoms with E-state index in [9.17, 15) is 9.59 Å². The van der Waals surface area contributed by atoms with Crippen LogP contribution in [0.2, 0.25) is 0 Å². The summed E-state index contributed by atoms with van der Waals surface area (Å²) in [4.78, 5) is 22.2. The fraction of sp³-hybridized carbons (Fsp3) is 0.556. The molecule has 0 aromatic rings. The highest BCUT2D eigenvalue weighted by atomic mass is 16.2. The lowest BCUT2D eigenvalue weighted by Gasteiger charge is -2.22. The van der Waals surface area contributed by atoms with Gasteiger partial charge in [0, 0.05) is 0 Å². The zero-order chi connectivity index (χ0) is 9.59. The first-order valence-corrected chi connectivity index (χ1v) is 4.38. The van der Waals surface area contributed by atoms with Crippen LogP contribution in [0.15, 0.2) is 12.2 Å². The van der Waals surface area contributed by atoms with Crippen molar-refractivity contribution in [3.05, 3.63) is 12.2 Å². The third-order valence-corrected chi connectivity index (χ3v) is 3.12. The van der Waals surface area contributed by atoms with E-state index in [0.29, 0.717) is 0 Å². The maximum Gasteiger partial charge on any atom is 0.221 e. The molecule has 0 saturated heterocycles. The fourth-order valence-electron chi connectivity index (χ4n) is 2.60. The lowest BCUT2D eigenvalue weighted by molar-refractivity contribution is -0.131. The molecule has 1 saturated carbocycles. The van der Waals surface area contributed by atoms with Gasteiger partial charge in [0.05, 0.1) is 11.8 Å². The van der Waals surface area contributed by atoms with Gasteiger partial charge in [-0.05, 0) is 18.3 Å². The molecule has 4 nitrogen and oxygen atoms in total. The topological polar surface area (TPSA) is 86.2 Å². The van der Waals surface area contributed by atoms with Crippen molar-refractivity contribution in [2.24, 2.45) is 35.1 Å². The van der Waals surface area contributed by atoms with E-state index in [1.807, 2.05) is 12.2 Å². The van der Waals surface area contributed by atoms with E-state index in [0.717, 1.165) is 6.42 Å². The third kappa shape index (κ3) is 1.05. The average molecular weight is 180 g/mol. The quantitative estimate of drug-likeness (QED) is 0.556. The number of nitrogens with two attached hydrogens (primary N) is 2. The van der Waals surface area contributed by atoms with E-state index < -0.39 is 11.8 Å². The summed E-state index contributed by atoms with van der Waals surface area (Å²) in [5.74, 6) is -1.26. The van der Waals surface area contributed by atoms with Crippen LogP contribution in [0.25, 0.3) is 0 Å². The Labute approximate surface area is 76.0 Å². The zero-order valence-corrected chi connectivity index (χ0v) is 7.14. The molecule has 4 N–H and O–H groups in total. The van der Waals surface area contributed by atoms with Crippen molar-refractivity contribution in [3.8, 4) is 0 Å². The van der Waals surface area contributed by atoms with Crippen molar-refractivity contribution in [2.45, 2.75) is 6.42 Å². The molecule has 2 rings (SSSR count). The summed E-state index contributed by atoms with van der Waals surface area (Å²) in [5, 5.41) is 0. The number of hydrogen-bond donors (Lipinski definition) is 2. The summed E-state index contributed by atoms with van der Waals surface area (Å²) in [7, 11) is 0. The minimum Gasteiger partial charge on any atom is -0.369 e. The van der Waals surface area contributed by atoms with E-state index in [-0.39, 0.29) is 23.7 Å². The van der Waals surface area contributed by atoms with Gasteiger partial charge < -0.3 is 11.5 Å². The Bertz CT molecular complexity index is 270. The molecular formula is C9H12N2O2. The molecule has 13 heavy (non-hydrogen) atoms. The van der Waals surface area contributed by atoms with E-state index in [1.54, 1.807) is 0 Å². The van der Waals surface area contributed by atoms with Crippen LogP contribution in [0.3, 0.4) is 0 Å². The maximum absolute atomic E-state index is 11.1. The van der Waals surface area contributed by atoms with Crippen molar-refractivity contribution >= 4 is 11.8 Å². The van der Waals surface area contributed by atoms with Crippen molar-refractivity contribution < 1.29 is 9.59 Å². The maximum atomic E-state index is 11.1. The molecule has 1 fully saturated rings. The van der Waals surface area contributed by atoms with Crippen LogP contribution in [-0.4, -0.2) is 11.8 Å². The van der Waals surface area contributed by atoms with E-state index in [1.165, 1.54) is 0 Å². The highest BCUT2D eigenvalue weighted by Gasteiger charge is 2.49. The Morgan fingerprint density at radius 1 is 1.00 bits per heavy atom. The molecule has 0 heterocycles. The number of primary amides is 2. The molecule has 4 heteroatoms. The number of allylic oxidation sites excluding steroid dienone is 2. The van der Waals surface area contributed by atoms with Crippen LogP contribution >= 0.6 is 0 Å². The standard InChI is InChI=1S/C9H12N2O2/c10-8(12)6-4-1-2-5(3-4)7(6)9(11)13/h1-2,4-7H,3H2,(H2,10,12)(H2,11,13). The normalized spacial score (nSPS) is 40.9. The molecule has 2 amide bonds. The van der Waals surface area contributed by atoms with Crippen LogP contribution in [0.4, 0.5) is 0 Å². The van der Waals surface area contributed by atoms with Gasteiger partial charge in [-0.15, -0.1) is 0 Å². The fourth-order valence-corrected chi connectivity index (χ4v) is 2.60. The molecule has 2 aliphatic carbocycles. The van der Waals surface area contributed by atoms with Gasteiger partial charge in [-0.3, -0.25) is 9.59 Å². The minimum atomic E-state index is -0.402. The minimum absolute atomic E-state index is 0.139. The van der Waals surface area contributed by atoms with E-state index in [2.05, 4.69) is 0 Å². The Balaban J connectivity index is 2.30. The molecular weight excluding hydrogens is 168 g/mol. The van der Waals surface area contributed by atoms with Gasteiger partial charge in [0.25, 0.3) is 0 Å². The first-order valence-electron chi connectivity index (χ1n) is 4.38. The molecule has 0 spiro atoms. The molecule has 0 radical (unpaired) electrons. The van der Waals surface area contributed by atoms with E-state index in [4.69, 9.17) is 11.5 Å². The number of rotatable bonds is 2. The molecule has 0 aliphatic heterocycles. The molecule has 70 valence electrons. The number of carbonyl (C=O) groups excluding carboxylic acids is 2. The van der Waals surface area contributed by atoms with Gasteiger partial charge in [0.15, 0.2) is 0 Å². The summed E-state index contributed by atoms with van der Waals surface area (Å²) in [6, 6.07) is 0. The Morgan fingerprint density at radius 3 is 1.69 bits per heavy atom. The Morgan fingerprint density at radius 2 is 1.38 bits per heavy atom. The van der Waals surface area contributed by atoms with Gasteiger partial charge in [0.2, 0.25) is 11.8 Å². The molecule has 4 atom stereocenters. The summed E-state index contributed by atoms with van der Waals surface area (Å²) in [6.45, 7) is 0. The van der Waals surface area contributed by atoms with Crippen LogP contribution in [-0.2, 0) is 9.59 Å². The van der Waals surface area contributed by atoms with Crippen molar-refractivity contribution in [2.75, 3.05) is 0 Å².